The van der Waals surface area contributed by atoms with Crippen LogP contribution >= 0.6 is 0 Å². The lowest BCUT2D eigenvalue weighted by Crippen LogP contribution is -2.16. The van der Waals surface area contributed by atoms with Crippen LogP contribution in [-0.4, -0.2) is 29.1 Å². The molecule has 3 aromatic carbocycles. The molecule has 5 rings (SSSR count). The zero-order chi connectivity index (χ0) is 22.6. The van der Waals surface area contributed by atoms with Gasteiger partial charge in [-0.15, -0.1) is 0 Å². The van der Waals surface area contributed by atoms with Crippen LogP contribution in [0.25, 0.3) is 11.3 Å². The monoisotopic (exact) mass is 438 g/mol. The molecule has 0 atom stereocenters. The van der Waals surface area contributed by atoms with Crippen LogP contribution < -0.4 is 20.1 Å². The Morgan fingerprint density at radius 3 is 2.58 bits per heavy atom. The predicted octanol–water partition coefficient (Wildman–Crippen LogP) is 5.22. The summed E-state index contributed by atoms with van der Waals surface area (Å²) in [7, 11) is 0. The molecule has 4 aromatic rings. The topological polar surface area (TPSA) is 85.4 Å². The number of nitrogens with one attached hydrogen (secondary N) is 2. The molecular weight excluding hydrogens is 416 g/mol. The minimum Gasteiger partial charge on any atom is -0.486 e. The van der Waals surface area contributed by atoms with Gasteiger partial charge in [-0.2, -0.15) is 0 Å². The molecule has 0 fully saturated rings. The van der Waals surface area contributed by atoms with Crippen molar-refractivity contribution in [2.24, 2.45) is 0 Å². The van der Waals surface area contributed by atoms with E-state index in [2.05, 4.69) is 26.7 Å². The maximum Gasteiger partial charge on any atom is 0.255 e. The quantitative estimate of drug-likeness (QED) is 0.444. The molecule has 33 heavy (non-hydrogen) atoms. The number of nitrogens with zero attached hydrogens (tertiary/aromatic N) is 2. The van der Waals surface area contributed by atoms with Crippen molar-refractivity contribution in [1.82, 2.24) is 9.97 Å². The first-order valence-electron chi connectivity index (χ1n) is 10.6. The summed E-state index contributed by atoms with van der Waals surface area (Å²) < 4.78 is 11.1. The lowest BCUT2D eigenvalue weighted by molar-refractivity contribution is 0.102. The van der Waals surface area contributed by atoms with Crippen LogP contribution in [0.2, 0.25) is 0 Å². The fourth-order valence-corrected chi connectivity index (χ4v) is 3.60. The number of hydrogen-bond donors (Lipinski definition) is 2. The minimum absolute atomic E-state index is 0.224. The van der Waals surface area contributed by atoms with E-state index in [1.807, 2.05) is 43.3 Å². The van der Waals surface area contributed by atoms with E-state index in [0.29, 0.717) is 41.8 Å². The van der Waals surface area contributed by atoms with Gasteiger partial charge in [0.05, 0.1) is 5.69 Å². The van der Waals surface area contributed by atoms with Gasteiger partial charge in [0.15, 0.2) is 11.5 Å². The number of amides is 1. The van der Waals surface area contributed by atoms with E-state index < -0.39 is 0 Å². The molecule has 2 N–H and O–H groups in total. The van der Waals surface area contributed by atoms with Crippen LogP contribution in [0.5, 0.6) is 11.5 Å². The summed E-state index contributed by atoms with van der Waals surface area (Å²) in [4.78, 5) is 21.5. The molecule has 0 radical (unpaired) electrons. The maximum atomic E-state index is 12.8. The Bertz CT molecular complexity index is 1320. The second-order valence-electron chi connectivity index (χ2n) is 7.68. The highest BCUT2D eigenvalue weighted by Crippen LogP contribution is 2.32. The van der Waals surface area contributed by atoms with Gasteiger partial charge in [0.25, 0.3) is 5.91 Å². The summed E-state index contributed by atoms with van der Waals surface area (Å²) in [6.07, 6.45) is 1.53. The molecular formula is C26H22N4O3. The number of benzene rings is 3. The molecule has 0 saturated heterocycles. The van der Waals surface area contributed by atoms with Crippen LogP contribution in [0.1, 0.15) is 15.9 Å². The molecule has 7 heteroatoms. The van der Waals surface area contributed by atoms with E-state index in [1.54, 1.807) is 30.3 Å². The minimum atomic E-state index is -0.224. The van der Waals surface area contributed by atoms with Crippen molar-refractivity contribution in [1.29, 1.82) is 0 Å². The zero-order valence-corrected chi connectivity index (χ0v) is 18.0. The van der Waals surface area contributed by atoms with Crippen LogP contribution in [-0.2, 0) is 0 Å². The Kier molecular flexibility index (Phi) is 5.59. The molecule has 7 nitrogen and oxygen atoms in total. The first-order valence-corrected chi connectivity index (χ1v) is 10.6. The highest BCUT2D eigenvalue weighted by atomic mass is 16.6. The van der Waals surface area contributed by atoms with Crippen LogP contribution in [0, 0.1) is 6.92 Å². The Labute approximate surface area is 191 Å². The van der Waals surface area contributed by atoms with E-state index in [0.717, 1.165) is 22.5 Å². The van der Waals surface area contributed by atoms with Crippen LogP contribution in [0.4, 0.5) is 17.2 Å². The molecule has 0 bridgehead atoms. The van der Waals surface area contributed by atoms with Crippen LogP contribution in [0.15, 0.2) is 79.1 Å². The fraction of sp³-hybridized carbons (Fsp3) is 0.115. The molecule has 0 saturated carbocycles. The van der Waals surface area contributed by atoms with Crippen molar-refractivity contribution in [2.75, 3.05) is 23.8 Å². The number of ether oxygens (including phenoxy) is 2. The third-order valence-electron chi connectivity index (χ3n) is 5.18. The number of carbonyl (C=O) groups excluding carboxylic acids is 1. The fourth-order valence-electron chi connectivity index (χ4n) is 3.60. The van der Waals surface area contributed by atoms with E-state index in [-0.39, 0.29) is 5.91 Å². The summed E-state index contributed by atoms with van der Waals surface area (Å²) >= 11 is 0. The van der Waals surface area contributed by atoms with Crippen molar-refractivity contribution in [3.05, 3.63) is 90.3 Å². The Morgan fingerprint density at radius 1 is 0.848 bits per heavy atom. The van der Waals surface area contributed by atoms with Crippen molar-refractivity contribution in [2.45, 2.75) is 6.92 Å². The lowest BCUT2D eigenvalue weighted by Gasteiger charge is -2.19. The average molecular weight is 438 g/mol. The third kappa shape index (κ3) is 4.77. The predicted molar refractivity (Wildman–Crippen MR) is 127 cm³/mol. The summed E-state index contributed by atoms with van der Waals surface area (Å²) in [6, 6.07) is 22.6. The number of aromatic nitrogens is 2. The lowest BCUT2D eigenvalue weighted by atomic mass is 10.1. The van der Waals surface area contributed by atoms with Gasteiger partial charge < -0.3 is 20.1 Å². The van der Waals surface area contributed by atoms with Gasteiger partial charge in [0, 0.05) is 34.6 Å². The number of anilines is 3. The largest absolute Gasteiger partial charge is 0.486 e. The number of aryl methyl sites for hydroxylation is 1. The van der Waals surface area contributed by atoms with E-state index >= 15 is 0 Å². The SMILES string of the molecule is Cc1cccc(-c2cc(Nc3cccc(C(=O)Nc4ccc5c(c4)OCCO5)c3)ncn2)c1. The van der Waals surface area contributed by atoms with Gasteiger partial charge in [0.1, 0.15) is 25.4 Å². The first-order chi connectivity index (χ1) is 16.1. The molecule has 0 aliphatic carbocycles. The Hall–Kier alpha value is -4.39. The maximum absolute atomic E-state index is 12.8. The smallest absolute Gasteiger partial charge is 0.255 e. The highest BCUT2D eigenvalue weighted by molar-refractivity contribution is 6.05. The van der Waals surface area contributed by atoms with E-state index in [9.17, 15) is 4.79 Å². The van der Waals surface area contributed by atoms with Crippen LogP contribution in [0.3, 0.4) is 0 Å². The third-order valence-corrected chi connectivity index (χ3v) is 5.18. The van der Waals surface area contributed by atoms with Crippen molar-refractivity contribution in [3.8, 4) is 22.8 Å². The molecule has 1 aromatic heterocycles. The van der Waals surface area contributed by atoms with Gasteiger partial charge in [0.2, 0.25) is 0 Å². The van der Waals surface area contributed by atoms with Gasteiger partial charge in [-0.1, -0.05) is 29.8 Å². The second kappa shape index (κ2) is 9.00. The number of fused-ring (bicyclic) bond motifs is 1. The summed E-state index contributed by atoms with van der Waals surface area (Å²) in [5, 5.41) is 6.17. The van der Waals surface area contributed by atoms with Crippen molar-refractivity contribution in [3.63, 3.8) is 0 Å². The van der Waals surface area contributed by atoms with Gasteiger partial charge in [-0.05, 0) is 43.3 Å². The Morgan fingerprint density at radius 2 is 1.70 bits per heavy atom. The number of rotatable bonds is 5. The zero-order valence-electron chi connectivity index (χ0n) is 18.0. The summed E-state index contributed by atoms with van der Waals surface area (Å²) in [5.74, 6) is 1.73. The molecule has 0 spiro atoms. The molecule has 164 valence electrons. The second-order valence-corrected chi connectivity index (χ2v) is 7.68. The molecule has 1 aliphatic rings. The molecule has 2 heterocycles. The normalized spacial score (nSPS) is 12.2. The summed E-state index contributed by atoms with van der Waals surface area (Å²) in [6.45, 7) is 3.06. The van der Waals surface area contributed by atoms with Gasteiger partial charge in [-0.25, -0.2) is 9.97 Å². The molecule has 1 amide bonds. The molecule has 0 unspecified atom stereocenters. The summed E-state index contributed by atoms with van der Waals surface area (Å²) in [5.41, 5.74) is 4.91. The number of hydrogen-bond acceptors (Lipinski definition) is 6. The van der Waals surface area contributed by atoms with Crippen molar-refractivity contribution >= 4 is 23.1 Å². The van der Waals surface area contributed by atoms with E-state index in [1.165, 1.54) is 6.33 Å². The van der Waals surface area contributed by atoms with E-state index in [4.69, 9.17) is 9.47 Å². The number of carbonyl (C=O) groups is 1. The molecule has 1 aliphatic heterocycles. The van der Waals surface area contributed by atoms with Crippen molar-refractivity contribution < 1.29 is 14.3 Å². The standard InChI is InChI=1S/C26H22N4O3/c1-17-4-2-5-18(12-17)22-15-25(28-16-27-22)29-20-7-3-6-19(13-20)26(31)30-21-8-9-23-24(14-21)33-11-10-32-23/h2-9,12-16H,10-11H2,1H3,(H,30,31)(H,27,28,29). The average Bonchev–Trinajstić information content (AvgIpc) is 2.84. The van der Waals surface area contributed by atoms with Gasteiger partial charge >= 0.3 is 0 Å². The Balaban J connectivity index is 1.31. The highest BCUT2D eigenvalue weighted by Gasteiger charge is 2.14. The van der Waals surface area contributed by atoms with Gasteiger partial charge in [-0.3, -0.25) is 4.79 Å². The first kappa shape index (κ1) is 20.5.